The molecule has 0 atom stereocenters. The Morgan fingerprint density at radius 2 is 1.68 bits per heavy atom. The molecule has 3 heterocycles. The number of hydrogen-bond donors (Lipinski definition) is 0. The van der Waals surface area contributed by atoms with E-state index in [0.717, 1.165) is 22.6 Å². The van der Waals surface area contributed by atoms with Crippen LogP contribution >= 0.6 is 0 Å². The maximum Gasteiger partial charge on any atom is 0.253 e. The molecule has 3 aromatic rings. The van der Waals surface area contributed by atoms with E-state index in [-0.39, 0.29) is 11.7 Å². The number of Topliss-reactive ketones (excluding diaryl/α,β-unsaturated/α-hetero) is 1. The van der Waals surface area contributed by atoms with Crippen LogP contribution in [0.3, 0.4) is 0 Å². The van der Waals surface area contributed by atoms with Crippen molar-refractivity contribution in [2.75, 3.05) is 13.1 Å². The van der Waals surface area contributed by atoms with E-state index in [1.165, 1.54) is 0 Å². The van der Waals surface area contributed by atoms with Gasteiger partial charge in [0, 0.05) is 49.6 Å². The van der Waals surface area contributed by atoms with E-state index in [4.69, 9.17) is 4.74 Å². The number of amides is 1. The normalized spacial score (nSPS) is 17.4. The van der Waals surface area contributed by atoms with Gasteiger partial charge in [-0.1, -0.05) is 6.07 Å². The van der Waals surface area contributed by atoms with Gasteiger partial charge in [-0.3, -0.25) is 9.59 Å². The van der Waals surface area contributed by atoms with Crippen LogP contribution in [0.2, 0.25) is 0 Å². The summed E-state index contributed by atoms with van der Waals surface area (Å²) in [5.41, 5.74) is 3.99. The summed E-state index contributed by atoms with van der Waals surface area (Å²) in [4.78, 5) is 27.8. The first-order chi connectivity index (χ1) is 14.9. The maximum atomic E-state index is 13.0. The molecule has 158 valence electrons. The van der Waals surface area contributed by atoms with Gasteiger partial charge in [-0.15, -0.1) is 0 Å². The van der Waals surface area contributed by atoms with Gasteiger partial charge in [0.15, 0.2) is 5.78 Å². The fraction of sp³-hybridized carbons (Fsp3) is 0.308. The molecule has 5 heteroatoms. The third kappa shape index (κ3) is 3.54. The van der Waals surface area contributed by atoms with Crippen molar-refractivity contribution in [2.24, 2.45) is 0 Å². The second kappa shape index (κ2) is 7.41. The number of rotatable bonds is 2. The topological polar surface area (TPSA) is 51.5 Å². The minimum atomic E-state index is -0.501. The molecule has 5 rings (SSSR count). The van der Waals surface area contributed by atoms with E-state index in [0.29, 0.717) is 43.5 Å². The smallest absolute Gasteiger partial charge is 0.253 e. The summed E-state index contributed by atoms with van der Waals surface area (Å²) in [7, 11) is 0. The van der Waals surface area contributed by atoms with Crippen LogP contribution in [0.5, 0.6) is 5.75 Å². The highest BCUT2D eigenvalue weighted by Gasteiger charge is 2.44. The Hall–Kier alpha value is -3.34. The Bertz CT molecular complexity index is 1140. The van der Waals surface area contributed by atoms with E-state index in [1.54, 1.807) is 0 Å². The Labute approximate surface area is 182 Å². The predicted octanol–water partition coefficient (Wildman–Crippen LogP) is 4.73. The van der Waals surface area contributed by atoms with Crippen molar-refractivity contribution in [1.29, 1.82) is 0 Å². The molecule has 1 spiro atoms. The molecule has 0 N–H and O–H groups in total. The zero-order valence-corrected chi connectivity index (χ0v) is 17.9. The van der Waals surface area contributed by atoms with Crippen LogP contribution in [0.4, 0.5) is 0 Å². The van der Waals surface area contributed by atoms with Crippen molar-refractivity contribution in [3.63, 3.8) is 0 Å². The average molecular weight is 415 g/mol. The molecule has 1 saturated heterocycles. The highest BCUT2D eigenvalue weighted by Crippen LogP contribution is 2.41. The first-order valence-corrected chi connectivity index (χ1v) is 10.8. The van der Waals surface area contributed by atoms with Crippen molar-refractivity contribution in [1.82, 2.24) is 9.47 Å². The molecular formula is C26H26N2O3. The van der Waals surface area contributed by atoms with Crippen LogP contribution in [0, 0.1) is 13.8 Å². The second-order valence-electron chi connectivity index (χ2n) is 8.77. The molecule has 0 bridgehead atoms. The largest absolute Gasteiger partial charge is 0.486 e. The lowest BCUT2D eigenvalue weighted by atomic mass is 9.81. The van der Waals surface area contributed by atoms with Gasteiger partial charge in [0.2, 0.25) is 0 Å². The lowest BCUT2D eigenvalue weighted by Crippen LogP contribution is -2.52. The molecular weight excluding hydrogens is 388 g/mol. The van der Waals surface area contributed by atoms with Crippen LogP contribution in [-0.2, 0) is 0 Å². The summed E-state index contributed by atoms with van der Waals surface area (Å²) < 4.78 is 8.46. The fourth-order valence-electron chi connectivity index (χ4n) is 4.80. The molecule has 31 heavy (non-hydrogen) atoms. The molecule has 0 aliphatic carbocycles. The van der Waals surface area contributed by atoms with Gasteiger partial charge in [0.1, 0.15) is 11.4 Å². The maximum absolute atomic E-state index is 13.0. The number of carbonyl (C=O) groups is 2. The van der Waals surface area contributed by atoms with E-state index in [9.17, 15) is 9.59 Å². The lowest BCUT2D eigenvalue weighted by molar-refractivity contribution is -0.00619. The van der Waals surface area contributed by atoms with Crippen molar-refractivity contribution >= 4 is 11.7 Å². The van der Waals surface area contributed by atoms with E-state index in [2.05, 4.69) is 6.07 Å². The third-order valence-electron chi connectivity index (χ3n) is 6.50. The van der Waals surface area contributed by atoms with Crippen LogP contribution in [0.1, 0.15) is 51.1 Å². The van der Waals surface area contributed by atoms with E-state index >= 15 is 0 Å². The summed E-state index contributed by atoms with van der Waals surface area (Å²) in [6.07, 6.45) is 5.68. The van der Waals surface area contributed by atoms with Gasteiger partial charge in [-0.05, 0) is 67.4 Å². The molecule has 0 saturated carbocycles. The van der Waals surface area contributed by atoms with E-state index < -0.39 is 5.60 Å². The molecule has 1 fully saturated rings. The number of ketones is 1. The standard InChI is InChI=1S/C26H26N2O3/c1-18-15-19(2)24-22(16-18)23(29)17-26(31-24)9-13-28(14-10-26)25(30)20-5-7-21(8-6-20)27-11-3-4-12-27/h3-8,11-12,15-16H,9-10,13-14,17H2,1-2H3. The Morgan fingerprint density at radius 3 is 2.35 bits per heavy atom. The molecule has 2 aliphatic rings. The SMILES string of the molecule is Cc1cc(C)c2c(c1)C(=O)CC1(CCN(C(=O)c3ccc(-n4cccc4)cc3)CC1)O2. The number of nitrogens with zero attached hydrogens (tertiary/aromatic N) is 2. The third-order valence-corrected chi connectivity index (χ3v) is 6.50. The van der Waals surface area contributed by atoms with E-state index in [1.807, 2.05) is 78.2 Å². The highest BCUT2D eigenvalue weighted by atomic mass is 16.5. The number of ether oxygens (including phenoxy) is 1. The van der Waals surface area contributed by atoms with Gasteiger partial charge in [-0.2, -0.15) is 0 Å². The Morgan fingerprint density at radius 1 is 1.00 bits per heavy atom. The van der Waals surface area contributed by atoms with Crippen molar-refractivity contribution in [3.8, 4) is 11.4 Å². The number of aromatic nitrogens is 1. The Kier molecular flexibility index (Phi) is 4.69. The number of hydrogen-bond acceptors (Lipinski definition) is 3. The summed E-state index contributed by atoms with van der Waals surface area (Å²) in [5, 5.41) is 0. The average Bonchev–Trinajstić information content (AvgIpc) is 3.30. The Balaban J connectivity index is 1.29. The van der Waals surface area contributed by atoms with Crippen molar-refractivity contribution < 1.29 is 14.3 Å². The molecule has 2 aliphatic heterocycles. The zero-order valence-electron chi connectivity index (χ0n) is 17.9. The van der Waals surface area contributed by atoms with Crippen LogP contribution in [-0.4, -0.2) is 39.8 Å². The number of piperidine rings is 1. The number of likely N-dealkylation sites (tertiary alicyclic amines) is 1. The number of aryl methyl sites for hydroxylation is 2. The predicted molar refractivity (Wildman–Crippen MR) is 119 cm³/mol. The summed E-state index contributed by atoms with van der Waals surface area (Å²) in [5.74, 6) is 0.902. The molecule has 1 amide bonds. The van der Waals surface area contributed by atoms with Crippen molar-refractivity contribution in [2.45, 2.75) is 38.7 Å². The van der Waals surface area contributed by atoms with Gasteiger partial charge in [-0.25, -0.2) is 0 Å². The minimum absolute atomic E-state index is 0.0308. The first kappa shape index (κ1) is 19.6. The lowest BCUT2D eigenvalue weighted by Gasteiger charge is -2.44. The molecule has 2 aromatic carbocycles. The monoisotopic (exact) mass is 414 g/mol. The zero-order chi connectivity index (χ0) is 21.6. The van der Waals surface area contributed by atoms with Crippen LogP contribution in [0.25, 0.3) is 5.69 Å². The van der Waals surface area contributed by atoms with Gasteiger partial charge < -0.3 is 14.2 Å². The summed E-state index contributed by atoms with van der Waals surface area (Å²) in [6, 6.07) is 15.6. The number of benzene rings is 2. The number of fused-ring (bicyclic) bond motifs is 1. The molecule has 0 unspecified atom stereocenters. The molecule has 0 radical (unpaired) electrons. The van der Waals surface area contributed by atoms with Gasteiger partial charge in [0.05, 0.1) is 12.0 Å². The first-order valence-electron chi connectivity index (χ1n) is 10.8. The number of carbonyl (C=O) groups excluding carboxylic acids is 2. The van der Waals surface area contributed by atoms with Crippen LogP contribution < -0.4 is 4.74 Å². The molecule has 5 nitrogen and oxygen atoms in total. The van der Waals surface area contributed by atoms with Crippen LogP contribution in [0.15, 0.2) is 60.9 Å². The second-order valence-corrected chi connectivity index (χ2v) is 8.77. The van der Waals surface area contributed by atoms with Gasteiger partial charge in [0.25, 0.3) is 5.91 Å². The minimum Gasteiger partial charge on any atom is -0.486 e. The molecule has 1 aromatic heterocycles. The fourth-order valence-corrected chi connectivity index (χ4v) is 4.80. The van der Waals surface area contributed by atoms with Crippen molar-refractivity contribution in [3.05, 3.63) is 83.2 Å². The highest BCUT2D eigenvalue weighted by molar-refractivity contribution is 6.01. The van der Waals surface area contributed by atoms with Gasteiger partial charge >= 0.3 is 0 Å². The summed E-state index contributed by atoms with van der Waals surface area (Å²) in [6.45, 7) is 5.17. The quantitative estimate of drug-likeness (QED) is 0.609. The summed E-state index contributed by atoms with van der Waals surface area (Å²) >= 11 is 0.